The van der Waals surface area contributed by atoms with E-state index in [-0.39, 0.29) is 18.0 Å². The molecule has 0 aromatic carbocycles. The number of unbranched alkanes of at least 4 members (excludes halogenated alkanes) is 2. The molecule has 0 bridgehead atoms. The highest BCUT2D eigenvalue weighted by Gasteiger charge is 2.33. The van der Waals surface area contributed by atoms with Crippen LogP contribution in [0.25, 0.3) is 0 Å². The number of nitrogens with zero attached hydrogens (tertiary/aromatic N) is 1. The van der Waals surface area contributed by atoms with Crippen LogP contribution in [0.5, 0.6) is 0 Å². The van der Waals surface area contributed by atoms with Crippen molar-refractivity contribution in [3.63, 3.8) is 0 Å². The second-order valence-corrected chi connectivity index (χ2v) is 5.51. The van der Waals surface area contributed by atoms with Gasteiger partial charge in [0.05, 0.1) is 12.5 Å². The molecule has 0 radical (unpaired) electrons. The highest BCUT2D eigenvalue weighted by molar-refractivity contribution is 5.75. The molecule has 0 unspecified atom stereocenters. The van der Waals surface area contributed by atoms with Crippen LogP contribution in [0, 0.1) is 17.8 Å². The summed E-state index contributed by atoms with van der Waals surface area (Å²) in [5.41, 5.74) is 0. The first-order chi connectivity index (χ1) is 9.71. The molecule has 0 spiro atoms. The van der Waals surface area contributed by atoms with Crippen LogP contribution in [0.4, 0.5) is 0 Å². The van der Waals surface area contributed by atoms with Crippen LogP contribution in [0.15, 0.2) is 0 Å². The third kappa shape index (κ3) is 5.96. The number of cyclic esters (lactones) is 1. The topological polar surface area (TPSA) is 29.5 Å². The van der Waals surface area contributed by atoms with Crippen molar-refractivity contribution >= 4 is 5.97 Å². The van der Waals surface area contributed by atoms with Gasteiger partial charge in [0.25, 0.3) is 0 Å². The van der Waals surface area contributed by atoms with Gasteiger partial charge in [0.1, 0.15) is 6.10 Å². The summed E-state index contributed by atoms with van der Waals surface area (Å²) in [7, 11) is 0. The lowest BCUT2D eigenvalue weighted by atomic mass is 9.99. The monoisotopic (exact) mass is 279 g/mol. The summed E-state index contributed by atoms with van der Waals surface area (Å²) in [5.74, 6) is 6.29. The lowest BCUT2D eigenvalue weighted by Crippen LogP contribution is -2.22. The van der Waals surface area contributed by atoms with Crippen LogP contribution >= 0.6 is 0 Å². The molecule has 0 aromatic heterocycles. The zero-order valence-electron chi connectivity index (χ0n) is 13.3. The second kappa shape index (κ2) is 9.83. The molecule has 0 N–H and O–H groups in total. The Bertz CT molecular complexity index is 339. The highest BCUT2D eigenvalue weighted by atomic mass is 16.5. The fraction of sp³-hybridized carbons (Fsp3) is 0.824. The summed E-state index contributed by atoms with van der Waals surface area (Å²) in [6, 6.07) is 0. The molecular weight excluding hydrogens is 250 g/mol. The summed E-state index contributed by atoms with van der Waals surface area (Å²) in [5, 5.41) is 0. The van der Waals surface area contributed by atoms with Gasteiger partial charge in [-0.25, -0.2) is 0 Å². The maximum absolute atomic E-state index is 11.8. The van der Waals surface area contributed by atoms with Gasteiger partial charge in [-0.2, -0.15) is 0 Å². The van der Waals surface area contributed by atoms with Crippen molar-refractivity contribution in [2.45, 2.75) is 65.4 Å². The van der Waals surface area contributed by atoms with Gasteiger partial charge in [-0.05, 0) is 32.4 Å². The Balaban J connectivity index is 2.27. The van der Waals surface area contributed by atoms with Crippen molar-refractivity contribution in [3.8, 4) is 11.8 Å². The molecule has 0 amide bonds. The number of ether oxygens (including phenoxy) is 1. The van der Waals surface area contributed by atoms with E-state index in [9.17, 15) is 4.79 Å². The van der Waals surface area contributed by atoms with Crippen molar-refractivity contribution < 1.29 is 9.53 Å². The molecule has 1 rings (SSSR count). The lowest BCUT2D eigenvalue weighted by molar-refractivity contribution is -0.144. The van der Waals surface area contributed by atoms with Crippen LogP contribution < -0.4 is 0 Å². The maximum atomic E-state index is 11.8. The molecule has 1 fully saturated rings. The smallest absolute Gasteiger partial charge is 0.310 e. The SMILES string of the molecule is CCCCC[C@H]1C[C@@H](CC#CCN(CC)CC)C(=O)O1. The van der Waals surface area contributed by atoms with Gasteiger partial charge in [-0.3, -0.25) is 9.69 Å². The Morgan fingerprint density at radius 1 is 1.20 bits per heavy atom. The first-order valence-electron chi connectivity index (χ1n) is 8.09. The van der Waals surface area contributed by atoms with Crippen molar-refractivity contribution in [2.24, 2.45) is 5.92 Å². The molecule has 0 aliphatic carbocycles. The average Bonchev–Trinajstić information content (AvgIpc) is 2.80. The predicted molar refractivity (Wildman–Crippen MR) is 82.3 cm³/mol. The van der Waals surface area contributed by atoms with E-state index < -0.39 is 0 Å². The summed E-state index contributed by atoms with van der Waals surface area (Å²) in [6.45, 7) is 9.32. The van der Waals surface area contributed by atoms with Crippen molar-refractivity contribution in [1.82, 2.24) is 4.90 Å². The van der Waals surface area contributed by atoms with Crippen molar-refractivity contribution in [1.29, 1.82) is 0 Å². The fourth-order valence-electron chi connectivity index (χ4n) is 2.50. The van der Waals surface area contributed by atoms with E-state index in [1.807, 2.05) is 0 Å². The van der Waals surface area contributed by atoms with E-state index in [0.29, 0.717) is 6.42 Å². The van der Waals surface area contributed by atoms with Gasteiger partial charge >= 0.3 is 5.97 Å². The van der Waals surface area contributed by atoms with Gasteiger partial charge < -0.3 is 4.74 Å². The van der Waals surface area contributed by atoms with E-state index in [1.54, 1.807) is 0 Å². The van der Waals surface area contributed by atoms with E-state index in [0.717, 1.165) is 38.9 Å². The number of carbonyl (C=O) groups is 1. The van der Waals surface area contributed by atoms with Crippen LogP contribution in [-0.2, 0) is 9.53 Å². The summed E-state index contributed by atoms with van der Waals surface area (Å²) >= 11 is 0. The number of carbonyl (C=O) groups excluding carboxylic acids is 1. The zero-order chi connectivity index (χ0) is 14.8. The molecule has 0 aromatic rings. The van der Waals surface area contributed by atoms with Gasteiger partial charge in [0, 0.05) is 6.42 Å². The maximum Gasteiger partial charge on any atom is 0.310 e. The Labute approximate surface area is 124 Å². The molecular formula is C17H29NO2. The van der Waals surface area contributed by atoms with Gasteiger partial charge in [-0.1, -0.05) is 39.5 Å². The van der Waals surface area contributed by atoms with Crippen LogP contribution in [0.1, 0.15) is 59.3 Å². The molecule has 1 aliphatic rings. The zero-order valence-corrected chi connectivity index (χ0v) is 13.3. The van der Waals surface area contributed by atoms with Crippen LogP contribution in [-0.4, -0.2) is 36.6 Å². The minimum atomic E-state index is -0.0383. The molecule has 114 valence electrons. The van der Waals surface area contributed by atoms with E-state index in [4.69, 9.17) is 4.74 Å². The average molecular weight is 279 g/mol. The Hall–Kier alpha value is -1.01. The minimum absolute atomic E-state index is 0.00540. The normalized spacial score (nSPS) is 21.7. The molecule has 0 saturated carbocycles. The van der Waals surface area contributed by atoms with Gasteiger partial charge in [-0.15, -0.1) is 5.92 Å². The fourth-order valence-corrected chi connectivity index (χ4v) is 2.50. The van der Waals surface area contributed by atoms with Crippen molar-refractivity contribution in [3.05, 3.63) is 0 Å². The lowest BCUT2D eigenvalue weighted by Gasteiger charge is -2.13. The number of hydrogen-bond acceptors (Lipinski definition) is 3. The molecule has 1 saturated heterocycles. The molecule has 20 heavy (non-hydrogen) atoms. The Morgan fingerprint density at radius 2 is 1.95 bits per heavy atom. The van der Waals surface area contributed by atoms with Gasteiger partial charge in [0.2, 0.25) is 0 Å². The first-order valence-corrected chi connectivity index (χ1v) is 8.09. The van der Waals surface area contributed by atoms with Gasteiger partial charge in [0.15, 0.2) is 0 Å². The number of esters is 1. The molecule has 3 heteroatoms. The standard InChI is InChI=1S/C17H29NO2/c1-4-7-8-12-16-14-15(17(19)20-16)11-9-10-13-18(5-2)6-3/h15-16H,4-8,11-14H2,1-3H3/t15-,16+/m1/s1. The van der Waals surface area contributed by atoms with Crippen molar-refractivity contribution in [2.75, 3.05) is 19.6 Å². The highest BCUT2D eigenvalue weighted by Crippen LogP contribution is 2.27. The molecule has 3 nitrogen and oxygen atoms in total. The van der Waals surface area contributed by atoms with E-state index in [1.165, 1.54) is 12.8 Å². The quantitative estimate of drug-likeness (QED) is 0.388. The minimum Gasteiger partial charge on any atom is -0.462 e. The summed E-state index contributed by atoms with van der Waals surface area (Å²) in [6.07, 6.45) is 6.28. The molecule has 1 heterocycles. The van der Waals surface area contributed by atoms with E-state index in [2.05, 4.69) is 37.5 Å². The Kier molecular flexibility index (Phi) is 8.37. The predicted octanol–water partition coefficient (Wildman–Crippen LogP) is 3.23. The summed E-state index contributed by atoms with van der Waals surface area (Å²) in [4.78, 5) is 14.0. The van der Waals surface area contributed by atoms with E-state index >= 15 is 0 Å². The molecule has 1 aliphatic heterocycles. The second-order valence-electron chi connectivity index (χ2n) is 5.51. The van der Waals surface area contributed by atoms with Crippen LogP contribution in [0.2, 0.25) is 0 Å². The third-order valence-electron chi connectivity index (χ3n) is 3.96. The summed E-state index contributed by atoms with van der Waals surface area (Å²) < 4.78 is 5.42. The third-order valence-corrected chi connectivity index (χ3v) is 3.96. The largest absolute Gasteiger partial charge is 0.462 e. The number of hydrogen-bond donors (Lipinski definition) is 0. The molecule has 2 atom stereocenters. The Morgan fingerprint density at radius 3 is 2.60 bits per heavy atom. The number of rotatable bonds is 8. The van der Waals surface area contributed by atoms with Crippen LogP contribution in [0.3, 0.4) is 0 Å². The first kappa shape index (κ1) is 17.0.